The molecule has 0 unspecified atom stereocenters. The summed E-state index contributed by atoms with van der Waals surface area (Å²) in [6.45, 7) is 3.99. The van der Waals surface area contributed by atoms with Crippen LogP contribution in [0.25, 0.3) is 0 Å². The Morgan fingerprint density at radius 1 is 0.889 bits per heavy atom. The third-order valence-corrected chi connectivity index (χ3v) is 6.98. The van der Waals surface area contributed by atoms with Crippen molar-refractivity contribution in [2.24, 2.45) is 5.92 Å². The van der Waals surface area contributed by atoms with Gasteiger partial charge >= 0.3 is 0 Å². The molecular formula is C30H34NO5+. The standard InChI is InChI=1S/C30H33NO5/c32-25(17-22-7-6-10-27(18-22)36-26-8-2-1-3-9-26)19-24(21-31-13-4-5-14-31)30(33)23-11-12-28-29(20-23)35-16-15-34-28/h1-3,6-12,18,20,24,30,33H,4-5,13-17,19,21H2/p+1/t24-,30-/m1/s1. The normalized spacial score (nSPS) is 16.9. The molecule has 0 amide bonds. The lowest BCUT2D eigenvalue weighted by Gasteiger charge is -2.26. The molecule has 5 rings (SSSR count). The van der Waals surface area contributed by atoms with Crippen molar-refractivity contribution in [2.75, 3.05) is 32.8 Å². The Balaban J connectivity index is 1.27. The second-order valence-electron chi connectivity index (χ2n) is 9.75. The minimum atomic E-state index is -0.745. The van der Waals surface area contributed by atoms with E-state index in [9.17, 15) is 9.90 Å². The van der Waals surface area contributed by atoms with Gasteiger partial charge in [-0.2, -0.15) is 0 Å². The van der Waals surface area contributed by atoms with Crippen LogP contribution in [0.3, 0.4) is 0 Å². The van der Waals surface area contributed by atoms with Gasteiger partial charge in [-0.05, 0) is 47.5 Å². The van der Waals surface area contributed by atoms with E-state index in [0.717, 1.165) is 36.5 Å². The topological polar surface area (TPSA) is 69.4 Å². The number of ether oxygens (including phenoxy) is 3. The number of carbonyl (C=O) groups excluding carboxylic acids is 1. The molecule has 0 bridgehead atoms. The number of aliphatic hydroxyl groups is 1. The van der Waals surface area contributed by atoms with Gasteiger partial charge in [-0.1, -0.05) is 36.4 Å². The van der Waals surface area contributed by atoms with Gasteiger partial charge in [-0.15, -0.1) is 0 Å². The number of hydrogen-bond acceptors (Lipinski definition) is 5. The van der Waals surface area contributed by atoms with Gasteiger partial charge in [0.1, 0.15) is 30.5 Å². The molecule has 1 fully saturated rings. The highest BCUT2D eigenvalue weighted by molar-refractivity contribution is 5.81. The summed E-state index contributed by atoms with van der Waals surface area (Å²) in [5, 5.41) is 11.4. The van der Waals surface area contributed by atoms with Gasteiger partial charge in [0.05, 0.1) is 25.7 Å². The molecule has 2 N–H and O–H groups in total. The van der Waals surface area contributed by atoms with Crippen LogP contribution in [0.1, 0.15) is 36.5 Å². The number of likely N-dealkylation sites (tertiary alicyclic amines) is 1. The molecule has 1 saturated heterocycles. The summed E-state index contributed by atoms with van der Waals surface area (Å²) in [6, 6.07) is 22.9. The van der Waals surface area contributed by atoms with E-state index in [4.69, 9.17) is 14.2 Å². The van der Waals surface area contributed by atoms with Crippen LogP contribution in [0.2, 0.25) is 0 Å². The van der Waals surface area contributed by atoms with Crippen LogP contribution in [0.4, 0.5) is 0 Å². The fraction of sp³-hybridized carbons (Fsp3) is 0.367. The molecule has 36 heavy (non-hydrogen) atoms. The van der Waals surface area contributed by atoms with Crippen molar-refractivity contribution in [1.29, 1.82) is 0 Å². The first-order valence-electron chi connectivity index (χ1n) is 12.9. The number of aliphatic hydroxyl groups excluding tert-OH is 1. The number of rotatable bonds is 10. The zero-order chi connectivity index (χ0) is 24.7. The Morgan fingerprint density at radius 3 is 2.44 bits per heavy atom. The molecule has 0 aliphatic carbocycles. The van der Waals surface area contributed by atoms with Crippen molar-refractivity contribution in [3.63, 3.8) is 0 Å². The van der Waals surface area contributed by atoms with Gasteiger partial charge in [0, 0.05) is 31.6 Å². The average Bonchev–Trinajstić information content (AvgIpc) is 3.41. The van der Waals surface area contributed by atoms with Crippen molar-refractivity contribution in [1.82, 2.24) is 0 Å². The number of quaternary nitrogens is 1. The van der Waals surface area contributed by atoms with Crippen LogP contribution in [-0.2, 0) is 11.2 Å². The fourth-order valence-corrected chi connectivity index (χ4v) is 5.20. The number of benzene rings is 3. The van der Waals surface area contributed by atoms with E-state index in [2.05, 4.69) is 0 Å². The summed E-state index contributed by atoms with van der Waals surface area (Å²) < 4.78 is 17.3. The Labute approximate surface area is 212 Å². The molecule has 188 valence electrons. The van der Waals surface area contributed by atoms with Crippen LogP contribution in [-0.4, -0.2) is 43.7 Å². The van der Waals surface area contributed by atoms with E-state index >= 15 is 0 Å². The van der Waals surface area contributed by atoms with Crippen LogP contribution in [0.15, 0.2) is 72.8 Å². The smallest absolute Gasteiger partial charge is 0.161 e. The number of fused-ring (bicyclic) bond motifs is 1. The van der Waals surface area contributed by atoms with Gasteiger partial charge in [-0.3, -0.25) is 4.79 Å². The highest BCUT2D eigenvalue weighted by atomic mass is 16.6. The van der Waals surface area contributed by atoms with E-state index in [1.807, 2.05) is 72.8 Å². The van der Waals surface area contributed by atoms with Crippen molar-refractivity contribution < 1.29 is 29.0 Å². The van der Waals surface area contributed by atoms with Gasteiger partial charge in [0.25, 0.3) is 0 Å². The number of hydrogen-bond donors (Lipinski definition) is 2. The highest BCUT2D eigenvalue weighted by Gasteiger charge is 2.30. The zero-order valence-corrected chi connectivity index (χ0v) is 20.5. The third kappa shape index (κ3) is 6.25. The summed E-state index contributed by atoms with van der Waals surface area (Å²) in [4.78, 5) is 14.7. The van der Waals surface area contributed by atoms with Gasteiger partial charge in [-0.25, -0.2) is 0 Å². The molecular weight excluding hydrogens is 454 g/mol. The van der Waals surface area contributed by atoms with Crippen LogP contribution >= 0.6 is 0 Å². The van der Waals surface area contributed by atoms with E-state index in [1.54, 1.807) is 0 Å². The van der Waals surface area contributed by atoms with Crippen LogP contribution in [0, 0.1) is 5.92 Å². The van der Waals surface area contributed by atoms with Gasteiger partial charge < -0.3 is 24.2 Å². The Morgan fingerprint density at radius 2 is 1.64 bits per heavy atom. The number of para-hydroxylation sites is 1. The molecule has 0 saturated carbocycles. The summed E-state index contributed by atoms with van der Waals surface area (Å²) in [5.41, 5.74) is 1.68. The summed E-state index contributed by atoms with van der Waals surface area (Å²) >= 11 is 0. The SMILES string of the molecule is O=C(Cc1cccc(Oc2ccccc2)c1)C[C@H](C[NH+]1CCCC1)[C@H](O)c1ccc2c(c1)OCCO2. The second-order valence-corrected chi connectivity index (χ2v) is 9.75. The number of ketones is 1. The first kappa shape index (κ1) is 24.3. The Hall–Kier alpha value is -3.35. The van der Waals surface area contributed by atoms with Gasteiger partial charge in [0.2, 0.25) is 0 Å². The number of nitrogens with one attached hydrogen (secondary N) is 1. The Kier molecular flexibility index (Phi) is 7.84. The van der Waals surface area contributed by atoms with Crippen LogP contribution < -0.4 is 19.1 Å². The molecule has 6 nitrogen and oxygen atoms in total. The third-order valence-electron chi connectivity index (χ3n) is 6.98. The molecule has 3 aromatic carbocycles. The molecule has 2 atom stereocenters. The number of carbonyl (C=O) groups is 1. The maximum absolute atomic E-state index is 13.2. The minimum absolute atomic E-state index is 0.118. The van der Waals surface area contributed by atoms with E-state index < -0.39 is 6.10 Å². The molecule has 2 aliphatic rings. The zero-order valence-electron chi connectivity index (χ0n) is 20.5. The maximum Gasteiger partial charge on any atom is 0.161 e. The first-order valence-corrected chi connectivity index (χ1v) is 12.9. The van der Waals surface area contributed by atoms with E-state index in [-0.39, 0.29) is 11.7 Å². The molecule has 2 aliphatic heterocycles. The summed E-state index contributed by atoms with van der Waals surface area (Å²) in [6.07, 6.45) is 2.29. The van der Waals surface area contributed by atoms with Crippen molar-refractivity contribution >= 4 is 5.78 Å². The fourth-order valence-electron chi connectivity index (χ4n) is 5.20. The molecule has 2 heterocycles. The van der Waals surface area contributed by atoms with Crippen molar-refractivity contribution in [3.8, 4) is 23.0 Å². The monoisotopic (exact) mass is 488 g/mol. The summed E-state index contributed by atoms with van der Waals surface area (Å²) in [5.74, 6) is 2.78. The maximum atomic E-state index is 13.2. The van der Waals surface area contributed by atoms with Crippen molar-refractivity contribution in [3.05, 3.63) is 83.9 Å². The predicted molar refractivity (Wildman–Crippen MR) is 137 cm³/mol. The lowest BCUT2D eigenvalue weighted by Crippen LogP contribution is -3.10. The molecule has 3 aromatic rings. The van der Waals surface area contributed by atoms with E-state index in [1.165, 1.54) is 17.7 Å². The molecule has 0 aromatic heterocycles. The highest BCUT2D eigenvalue weighted by Crippen LogP contribution is 2.35. The second kappa shape index (κ2) is 11.6. The molecule has 0 spiro atoms. The van der Waals surface area contributed by atoms with Crippen LogP contribution in [0.5, 0.6) is 23.0 Å². The Bertz CT molecular complexity index is 1160. The number of Topliss-reactive ketones (excluding diaryl/α,β-unsaturated/α-hetero) is 1. The quantitative estimate of drug-likeness (QED) is 0.455. The minimum Gasteiger partial charge on any atom is -0.486 e. The molecule has 0 radical (unpaired) electrons. The van der Waals surface area contributed by atoms with Crippen molar-refractivity contribution in [2.45, 2.75) is 31.8 Å². The lowest BCUT2D eigenvalue weighted by atomic mass is 9.89. The first-order chi connectivity index (χ1) is 17.6. The predicted octanol–water partition coefficient (Wildman–Crippen LogP) is 3.78. The summed E-state index contributed by atoms with van der Waals surface area (Å²) in [7, 11) is 0. The van der Waals surface area contributed by atoms with Gasteiger partial charge in [0.15, 0.2) is 11.5 Å². The molecule has 6 heteroatoms. The van der Waals surface area contributed by atoms with E-state index in [0.29, 0.717) is 43.3 Å². The largest absolute Gasteiger partial charge is 0.486 e. The average molecular weight is 489 g/mol. The lowest BCUT2D eigenvalue weighted by molar-refractivity contribution is -0.891.